The van der Waals surface area contributed by atoms with Crippen LogP contribution >= 0.6 is 0 Å². The van der Waals surface area contributed by atoms with Crippen LogP contribution in [0.3, 0.4) is 0 Å². The monoisotopic (exact) mass is 364 g/mol. The fourth-order valence-electron chi connectivity index (χ4n) is 4.36. The van der Waals surface area contributed by atoms with Crippen molar-refractivity contribution in [2.75, 3.05) is 36.0 Å². The highest BCUT2D eigenvalue weighted by molar-refractivity contribution is 5.46. The van der Waals surface area contributed by atoms with Gasteiger partial charge in [-0.2, -0.15) is 4.98 Å². The molecule has 0 unspecified atom stereocenters. The number of rotatable bonds is 4. The van der Waals surface area contributed by atoms with Crippen LogP contribution in [-0.4, -0.2) is 36.1 Å². The van der Waals surface area contributed by atoms with Gasteiger partial charge in [0.25, 0.3) is 0 Å². The minimum atomic E-state index is 0.775. The highest BCUT2D eigenvalue weighted by Gasteiger charge is 2.23. The van der Waals surface area contributed by atoms with Crippen molar-refractivity contribution in [3.63, 3.8) is 0 Å². The van der Waals surface area contributed by atoms with E-state index in [0.717, 1.165) is 55.5 Å². The Morgan fingerprint density at radius 1 is 0.889 bits per heavy atom. The van der Waals surface area contributed by atoms with Gasteiger partial charge in [-0.05, 0) is 56.4 Å². The Balaban J connectivity index is 1.39. The third-order valence-electron chi connectivity index (χ3n) is 6.20. The van der Waals surface area contributed by atoms with Crippen LogP contribution in [0.25, 0.3) is 0 Å². The minimum Gasteiger partial charge on any atom is -0.356 e. The molecule has 0 atom stereocenters. The molecular weight excluding hydrogens is 332 g/mol. The van der Waals surface area contributed by atoms with Crippen LogP contribution in [0.4, 0.5) is 11.8 Å². The molecule has 27 heavy (non-hydrogen) atoms. The van der Waals surface area contributed by atoms with E-state index in [1.165, 1.54) is 37.7 Å². The molecular formula is C23H32N4. The number of aromatic nitrogens is 2. The summed E-state index contributed by atoms with van der Waals surface area (Å²) in [5.41, 5.74) is 2.55. The quantitative estimate of drug-likeness (QED) is 0.801. The molecule has 4 rings (SSSR count). The van der Waals surface area contributed by atoms with Gasteiger partial charge in [0.05, 0.1) is 0 Å². The molecule has 4 nitrogen and oxygen atoms in total. The molecule has 0 aliphatic carbocycles. The standard InChI is InChI=1S/C23H32N4/c1-18-8-12-26(13-9-18)22-16-19(2)24-23(25-22)27-14-10-21(11-15-27)17-20-6-4-3-5-7-20/h3-7,16,18,21H,8-15,17H2,1-2H3. The summed E-state index contributed by atoms with van der Waals surface area (Å²) < 4.78 is 0. The zero-order valence-corrected chi connectivity index (χ0v) is 16.8. The Morgan fingerprint density at radius 3 is 2.26 bits per heavy atom. The minimum absolute atomic E-state index is 0.775. The smallest absolute Gasteiger partial charge is 0.227 e. The van der Waals surface area contributed by atoms with Crippen LogP contribution in [0.1, 0.15) is 43.9 Å². The van der Waals surface area contributed by atoms with Crippen molar-refractivity contribution in [2.45, 2.75) is 46.0 Å². The third-order valence-corrected chi connectivity index (χ3v) is 6.20. The lowest BCUT2D eigenvalue weighted by Gasteiger charge is -2.34. The normalized spacial score (nSPS) is 19.5. The Hall–Kier alpha value is -2.10. The third kappa shape index (κ3) is 4.60. The van der Waals surface area contributed by atoms with Crippen molar-refractivity contribution >= 4 is 11.8 Å². The van der Waals surface area contributed by atoms with E-state index in [0.29, 0.717) is 0 Å². The molecule has 0 spiro atoms. The summed E-state index contributed by atoms with van der Waals surface area (Å²) in [6, 6.07) is 13.1. The van der Waals surface area contributed by atoms with E-state index in [2.05, 4.69) is 60.0 Å². The molecule has 2 fully saturated rings. The summed E-state index contributed by atoms with van der Waals surface area (Å²) in [4.78, 5) is 14.6. The Morgan fingerprint density at radius 2 is 1.56 bits per heavy atom. The predicted molar refractivity (Wildman–Crippen MR) is 112 cm³/mol. The van der Waals surface area contributed by atoms with Gasteiger partial charge in [-0.15, -0.1) is 0 Å². The Bertz CT molecular complexity index is 729. The summed E-state index contributed by atoms with van der Waals surface area (Å²) in [5, 5.41) is 0. The first-order valence-electron chi connectivity index (χ1n) is 10.6. The number of aryl methyl sites for hydroxylation is 1. The van der Waals surface area contributed by atoms with Crippen LogP contribution in [0, 0.1) is 18.8 Å². The molecule has 2 aliphatic heterocycles. The van der Waals surface area contributed by atoms with Crippen molar-refractivity contribution in [2.24, 2.45) is 11.8 Å². The number of anilines is 2. The molecule has 2 aromatic rings. The highest BCUT2D eigenvalue weighted by Crippen LogP contribution is 2.27. The van der Waals surface area contributed by atoms with Crippen LogP contribution in [-0.2, 0) is 6.42 Å². The van der Waals surface area contributed by atoms with E-state index in [1.807, 2.05) is 0 Å². The molecule has 3 heterocycles. The zero-order valence-electron chi connectivity index (χ0n) is 16.8. The van der Waals surface area contributed by atoms with E-state index < -0.39 is 0 Å². The van der Waals surface area contributed by atoms with Gasteiger partial charge in [-0.3, -0.25) is 0 Å². The van der Waals surface area contributed by atoms with E-state index >= 15 is 0 Å². The number of nitrogens with zero attached hydrogens (tertiary/aromatic N) is 4. The van der Waals surface area contributed by atoms with E-state index in [-0.39, 0.29) is 0 Å². The molecule has 4 heteroatoms. The highest BCUT2D eigenvalue weighted by atomic mass is 15.3. The van der Waals surface area contributed by atoms with Crippen molar-refractivity contribution in [1.29, 1.82) is 0 Å². The summed E-state index contributed by atoms with van der Waals surface area (Å²) in [6.45, 7) is 8.83. The van der Waals surface area contributed by atoms with E-state index in [9.17, 15) is 0 Å². The summed E-state index contributed by atoms with van der Waals surface area (Å²) in [5.74, 6) is 3.67. The average Bonchev–Trinajstić information content (AvgIpc) is 2.69. The van der Waals surface area contributed by atoms with E-state index in [4.69, 9.17) is 9.97 Å². The summed E-state index contributed by atoms with van der Waals surface area (Å²) in [7, 11) is 0. The number of hydrogen-bond donors (Lipinski definition) is 0. The molecule has 0 saturated carbocycles. The zero-order chi connectivity index (χ0) is 18.6. The van der Waals surface area contributed by atoms with Gasteiger partial charge in [-0.25, -0.2) is 4.98 Å². The molecule has 0 N–H and O–H groups in total. The van der Waals surface area contributed by atoms with Gasteiger partial charge in [0, 0.05) is 37.9 Å². The lowest BCUT2D eigenvalue weighted by atomic mass is 9.90. The fourth-order valence-corrected chi connectivity index (χ4v) is 4.36. The molecule has 144 valence electrons. The van der Waals surface area contributed by atoms with Crippen LogP contribution < -0.4 is 9.80 Å². The molecule has 0 bridgehead atoms. The largest absolute Gasteiger partial charge is 0.356 e. The second-order valence-corrected chi connectivity index (χ2v) is 8.46. The maximum atomic E-state index is 4.96. The van der Waals surface area contributed by atoms with Gasteiger partial charge in [0.15, 0.2) is 0 Å². The van der Waals surface area contributed by atoms with Crippen molar-refractivity contribution in [3.8, 4) is 0 Å². The fraction of sp³-hybridized carbons (Fsp3) is 0.565. The van der Waals surface area contributed by atoms with Crippen molar-refractivity contribution < 1.29 is 0 Å². The van der Waals surface area contributed by atoms with Crippen LogP contribution in [0.5, 0.6) is 0 Å². The number of piperidine rings is 2. The Kier molecular flexibility index (Phi) is 5.61. The first-order valence-corrected chi connectivity index (χ1v) is 10.6. The topological polar surface area (TPSA) is 32.3 Å². The summed E-state index contributed by atoms with van der Waals surface area (Å²) >= 11 is 0. The maximum absolute atomic E-state index is 4.96. The average molecular weight is 365 g/mol. The van der Waals surface area contributed by atoms with Gasteiger partial charge < -0.3 is 9.80 Å². The maximum Gasteiger partial charge on any atom is 0.227 e. The number of benzene rings is 1. The first-order chi connectivity index (χ1) is 13.2. The SMILES string of the molecule is Cc1cc(N2CCC(C)CC2)nc(N2CCC(Cc3ccccc3)CC2)n1. The number of hydrogen-bond acceptors (Lipinski definition) is 4. The van der Waals surface area contributed by atoms with Gasteiger partial charge in [0.1, 0.15) is 5.82 Å². The summed E-state index contributed by atoms with van der Waals surface area (Å²) in [6.07, 6.45) is 6.18. The molecule has 2 saturated heterocycles. The van der Waals surface area contributed by atoms with Gasteiger partial charge in [0.2, 0.25) is 5.95 Å². The van der Waals surface area contributed by atoms with Crippen molar-refractivity contribution in [3.05, 3.63) is 47.7 Å². The van der Waals surface area contributed by atoms with Crippen LogP contribution in [0.15, 0.2) is 36.4 Å². The van der Waals surface area contributed by atoms with E-state index in [1.54, 1.807) is 0 Å². The predicted octanol–water partition coefficient (Wildman–Crippen LogP) is 4.48. The van der Waals surface area contributed by atoms with Crippen LogP contribution in [0.2, 0.25) is 0 Å². The van der Waals surface area contributed by atoms with Gasteiger partial charge >= 0.3 is 0 Å². The molecule has 2 aliphatic rings. The lowest BCUT2D eigenvalue weighted by Crippen LogP contribution is -2.37. The lowest BCUT2D eigenvalue weighted by molar-refractivity contribution is 0.400. The molecule has 1 aromatic carbocycles. The first kappa shape index (κ1) is 18.3. The molecule has 0 radical (unpaired) electrons. The second-order valence-electron chi connectivity index (χ2n) is 8.46. The van der Waals surface area contributed by atoms with Gasteiger partial charge in [-0.1, -0.05) is 37.3 Å². The second kappa shape index (κ2) is 8.28. The molecule has 1 aromatic heterocycles. The van der Waals surface area contributed by atoms with Crippen molar-refractivity contribution in [1.82, 2.24) is 9.97 Å². The molecule has 0 amide bonds. The Labute approximate surface area is 163 Å².